The fourth-order valence-corrected chi connectivity index (χ4v) is 1.18. The first-order valence-electron chi connectivity index (χ1n) is 3.68. The molecule has 1 aliphatic heterocycles. The molecule has 0 spiro atoms. The van der Waals surface area contributed by atoms with Gasteiger partial charge in [0.2, 0.25) is 0 Å². The van der Waals surface area contributed by atoms with Crippen molar-refractivity contribution in [3.8, 4) is 0 Å². The van der Waals surface area contributed by atoms with Gasteiger partial charge in [0.15, 0.2) is 0 Å². The van der Waals surface area contributed by atoms with Crippen LogP contribution < -0.4 is 5.32 Å². The van der Waals surface area contributed by atoms with Gasteiger partial charge in [-0.3, -0.25) is 0 Å². The van der Waals surface area contributed by atoms with Crippen LogP contribution in [0.25, 0.3) is 0 Å². The minimum absolute atomic E-state index is 0.979. The number of nitrogens with one attached hydrogen (secondary N) is 1. The van der Waals surface area contributed by atoms with E-state index in [1.165, 1.54) is 12.8 Å². The lowest BCUT2D eigenvalue weighted by Gasteiger charge is -2.13. The van der Waals surface area contributed by atoms with Gasteiger partial charge >= 0.3 is 0 Å². The smallest absolute Gasteiger partial charge is 0.0867 e. The van der Waals surface area contributed by atoms with Gasteiger partial charge in [0.05, 0.1) is 6.67 Å². The average Bonchev–Trinajstić information content (AvgIpc) is 2.41. The summed E-state index contributed by atoms with van der Waals surface area (Å²) in [5.41, 5.74) is 0. The lowest BCUT2D eigenvalue weighted by Crippen LogP contribution is -2.21. The summed E-state index contributed by atoms with van der Waals surface area (Å²) in [5, 5.41) is 3.13. The second-order valence-electron chi connectivity index (χ2n) is 2.42. The molecule has 1 aliphatic rings. The van der Waals surface area contributed by atoms with Gasteiger partial charge in [-0.1, -0.05) is 0 Å². The molecule has 0 bridgehead atoms. The Morgan fingerprint density at radius 3 is 3.00 bits per heavy atom. The third-order valence-electron chi connectivity index (χ3n) is 1.55. The second kappa shape index (κ2) is 4.50. The lowest BCUT2D eigenvalue weighted by molar-refractivity contribution is 0.383. The Balaban J connectivity index is 1.97. The Morgan fingerprint density at radius 2 is 2.40 bits per heavy atom. The number of hydrogen-bond donors (Lipinski definition) is 2. The quantitative estimate of drug-likeness (QED) is 0.469. The van der Waals surface area contributed by atoms with Gasteiger partial charge in [-0.15, -0.1) is 0 Å². The number of unbranched alkanes of at least 4 members (excludes halogenated alkanes) is 1. The summed E-state index contributed by atoms with van der Waals surface area (Å²) >= 11 is 4.15. The monoisotopic (exact) mass is 158 g/mol. The Bertz CT molecular complexity index is 114. The van der Waals surface area contributed by atoms with E-state index in [0.29, 0.717) is 0 Å². The van der Waals surface area contributed by atoms with Crippen molar-refractivity contribution in [3.05, 3.63) is 12.4 Å². The third kappa shape index (κ3) is 2.52. The van der Waals surface area contributed by atoms with Gasteiger partial charge in [0, 0.05) is 18.9 Å². The average molecular weight is 158 g/mol. The van der Waals surface area contributed by atoms with Crippen LogP contribution in [0, 0.1) is 0 Å². The van der Waals surface area contributed by atoms with E-state index in [1.54, 1.807) is 0 Å². The van der Waals surface area contributed by atoms with Crippen molar-refractivity contribution in [1.82, 2.24) is 10.2 Å². The summed E-state index contributed by atoms with van der Waals surface area (Å²) in [6.07, 6.45) is 6.54. The van der Waals surface area contributed by atoms with Crippen LogP contribution in [0.15, 0.2) is 12.4 Å². The highest BCUT2D eigenvalue weighted by molar-refractivity contribution is 7.80. The largest absolute Gasteiger partial charge is 0.373 e. The Kier molecular flexibility index (Phi) is 3.50. The van der Waals surface area contributed by atoms with Crippen molar-refractivity contribution < 1.29 is 0 Å². The minimum Gasteiger partial charge on any atom is -0.373 e. The maximum absolute atomic E-state index is 4.15. The van der Waals surface area contributed by atoms with Gasteiger partial charge < -0.3 is 10.2 Å². The van der Waals surface area contributed by atoms with Crippen molar-refractivity contribution in [2.45, 2.75) is 12.8 Å². The standard InChI is InChI=1S/C7H14N2S/c10-6-2-1-4-9-5-3-8-7-9/h3,5,8,10H,1-2,4,6-7H2. The molecule has 1 rings (SSSR count). The molecule has 2 nitrogen and oxygen atoms in total. The molecule has 0 saturated carbocycles. The molecule has 0 aromatic rings. The summed E-state index contributed by atoms with van der Waals surface area (Å²) in [5.74, 6) is 1.00. The summed E-state index contributed by atoms with van der Waals surface area (Å²) in [7, 11) is 0. The van der Waals surface area contributed by atoms with Crippen LogP contribution in [0.1, 0.15) is 12.8 Å². The molecule has 0 unspecified atom stereocenters. The van der Waals surface area contributed by atoms with Crippen molar-refractivity contribution in [3.63, 3.8) is 0 Å². The molecule has 0 atom stereocenters. The van der Waals surface area contributed by atoms with Gasteiger partial charge in [0.25, 0.3) is 0 Å². The van der Waals surface area contributed by atoms with E-state index in [0.717, 1.165) is 19.0 Å². The van der Waals surface area contributed by atoms with Crippen LogP contribution >= 0.6 is 12.6 Å². The highest BCUT2D eigenvalue weighted by atomic mass is 32.1. The first-order valence-corrected chi connectivity index (χ1v) is 4.31. The van der Waals surface area contributed by atoms with Crippen molar-refractivity contribution in [2.75, 3.05) is 19.0 Å². The zero-order valence-electron chi connectivity index (χ0n) is 6.08. The van der Waals surface area contributed by atoms with Crippen molar-refractivity contribution in [2.24, 2.45) is 0 Å². The molecule has 0 amide bonds. The normalized spacial score (nSPS) is 15.9. The molecular weight excluding hydrogens is 144 g/mol. The van der Waals surface area contributed by atoms with E-state index >= 15 is 0 Å². The first kappa shape index (κ1) is 7.79. The summed E-state index contributed by atoms with van der Waals surface area (Å²) < 4.78 is 0. The molecule has 0 radical (unpaired) electrons. The van der Waals surface area contributed by atoms with E-state index in [9.17, 15) is 0 Å². The molecule has 0 aromatic carbocycles. The molecule has 0 aliphatic carbocycles. The van der Waals surface area contributed by atoms with Crippen LogP contribution in [-0.2, 0) is 0 Å². The molecule has 1 N–H and O–H groups in total. The summed E-state index contributed by atoms with van der Waals surface area (Å²) in [6, 6.07) is 0. The van der Waals surface area contributed by atoms with Crippen LogP contribution in [0.3, 0.4) is 0 Å². The Morgan fingerprint density at radius 1 is 1.50 bits per heavy atom. The predicted molar refractivity (Wildman–Crippen MR) is 46.9 cm³/mol. The minimum atomic E-state index is 0.979. The zero-order chi connectivity index (χ0) is 7.23. The van der Waals surface area contributed by atoms with E-state index in [4.69, 9.17) is 0 Å². The SMILES string of the molecule is SCCCCN1C=CNC1. The van der Waals surface area contributed by atoms with E-state index in [2.05, 4.69) is 29.0 Å². The van der Waals surface area contributed by atoms with Gasteiger partial charge in [-0.2, -0.15) is 12.6 Å². The molecule has 0 saturated heterocycles. The maximum Gasteiger partial charge on any atom is 0.0867 e. The Labute approximate surface area is 67.7 Å². The summed E-state index contributed by atoms with van der Waals surface area (Å²) in [4.78, 5) is 2.27. The molecular formula is C7H14N2S. The van der Waals surface area contributed by atoms with Crippen molar-refractivity contribution in [1.29, 1.82) is 0 Å². The highest BCUT2D eigenvalue weighted by Gasteiger charge is 2.00. The topological polar surface area (TPSA) is 15.3 Å². The molecule has 0 fully saturated rings. The second-order valence-corrected chi connectivity index (χ2v) is 2.87. The first-order chi connectivity index (χ1) is 4.93. The fraction of sp³-hybridized carbons (Fsp3) is 0.714. The maximum atomic E-state index is 4.15. The van der Waals surface area contributed by atoms with Crippen molar-refractivity contribution >= 4 is 12.6 Å². The van der Waals surface area contributed by atoms with E-state index in [-0.39, 0.29) is 0 Å². The fourth-order valence-electron chi connectivity index (χ4n) is 0.961. The summed E-state index contributed by atoms with van der Waals surface area (Å²) in [6.45, 7) is 2.14. The predicted octanol–water partition coefficient (Wildman–Crippen LogP) is 1.03. The number of thiol groups is 1. The van der Waals surface area contributed by atoms with Crippen LogP contribution in [0.2, 0.25) is 0 Å². The number of rotatable bonds is 4. The van der Waals surface area contributed by atoms with Gasteiger partial charge in [-0.25, -0.2) is 0 Å². The lowest BCUT2D eigenvalue weighted by atomic mass is 10.3. The zero-order valence-corrected chi connectivity index (χ0v) is 6.98. The highest BCUT2D eigenvalue weighted by Crippen LogP contribution is 1.99. The van der Waals surface area contributed by atoms with E-state index < -0.39 is 0 Å². The van der Waals surface area contributed by atoms with Crippen LogP contribution in [0.4, 0.5) is 0 Å². The van der Waals surface area contributed by atoms with Crippen LogP contribution in [-0.4, -0.2) is 23.9 Å². The number of nitrogens with zero attached hydrogens (tertiary/aromatic N) is 1. The molecule has 10 heavy (non-hydrogen) atoms. The molecule has 3 heteroatoms. The van der Waals surface area contributed by atoms with Gasteiger partial charge in [0.1, 0.15) is 0 Å². The Hall–Kier alpha value is -0.310. The van der Waals surface area contributed by atoms with Gasteiger partial charge in [-0.05, 0) is 18.6 Å². The molecule has 0 aromatic heterocycles. The molecule has 58 valence electrons. The number of hydrogen-bond acceptors (Lipinski definition) is 3. The van der Waals surface area contributed by atoms with E-state index in [1.807, 2.05) is 6.20 Å². The third-order valence-corrected chi connectivity index (χ3v) is 1.87. The van der Waals surface area contributed by atoms with Crippen LogP contribution in [0.5, 0.6) is 0 Å². The molecule has 1 heterocycles.